The molecule has 2 rings (SSSR count). The highest BCUT2D eigenvalue weighted by molar-refractivity contribution is 5.91. The lowest BCUT2D eigenvalue weighted by Crippen LogP contribution is -2.31. The Bertz CT molecular complexity index is 415. The zero-order chi connectivity index (χ0) is 11.7. The van der Waals surface area contributed by atoms with E-state index < -0.39 is 0 Å². The van der Waals surface area contributed by atoms with E-state index in [2.05, 4.69) is 0 Å². The first kappa shape index (κ1) is 10.8. The second-order valence-electron chi connectivity index (χ2n) is 4.22. The number of amides is 1. The molecule has 0 bridgehead atoms. The first-order valence-electron chi connectivity index (χ1n) is 5.44. The van der Waals surface area contributed by atoms with E-state index in [0.29, 0.717) is 12.2 Å². The summed E-state index contributed by atoms with van der Waals surface area (Å²) in [6.45, 7) is 4.35. The Labute approximate surface area is 95.0 Å². The predicted octanol–water partition coefficient (Wildman–Crippen LogP) is 2.18. The molecule has 0 aromatic heterocycles. The predicted molar refractivity (Wildman–Crippen MR) is 63.5 cm³/mol. The summed E-state index contributed by atoms with van der Waals surface area (Å²) in [5, 5.41) is 0. The highest BCUT2D eigenvalue weighted by Crippen LogP contribution is 2.30. The van der Waals surface area contributed by atoms with Crippen LogP contribution in [0.4, 0.5) is 16.2 Å². The fourth-order valence-electron chi connectivity index (χ4n) is 1.85. The van der Waals surface area contributed by atoms with Crippen molar-refractivity contribution in [3.8, 4) is 0 Å². The fourth-order valence-corrected chi connectivity index (χ4v) is 1.85. The van der Waals surface area contributed by atoms with Crippen molar-refractivity contribution in [2.24, 2.45) is 0 Å². The Balaban J connectivity index is 2.22. The molecule has 4 heteroatoms. The van der Waals surface area contributed by atoms with Crippen molar-refractivity contribution in [1.82, 2.24) is 0 Å². The summed E-state index contributed by atoms with van der Waals surface area (Å²) in [4.78, 5) is 13.4. The van der Waals surface area contributed by atoms with Crippen LogP contribution >= 0.6 is 0 Å². The number of anilines is 2. The van der Waals surface area contributed by atoms with E-state index in [0.717, 1.165) is 17.7 Å². The molecule has 1 amide bonds. The van der Waals surface area contributed by atoms with Crippen LogP contribution < -0.4 is 10.6 Å². The van der Waals surface area contributed by atoms with Gasteiger partial charge in [0, 0.05) is 12.2 Å². The van der Waals surface area contributed by atoms with Gasteiger partial charge in [-0.2, -0.15) is 0 Å². The molecule has 1 aliphatic rings. The smallest absolute Gasteiger partial charge is 0.414 e. The maximum atomic E-state index is 11.8. The van der Waals surface area contributed by atoms with Crippen LogP contribution in [0.15, 0.2) is 18.2 Å². The highest BCUT2D eigenvalue weighted by atomic mass is 16.6. The number of nitrogen functional groups attached to an aromatic ring is 1. The lowest BCUT2D eigenvalue weighted by molar-refractivity contribution is 0.123. The number of nitrogens with two attached hydrogens (primary N) is 1. The van der Waals surface area contributed by atoms with E-state index in [4.69, 9.17) is 10.5 Å². The number of benzene rings is 1. The van der Waals surface area contributed by atoms with Gasteiger partial charge in [-0.3, -0.25) is 4.90 Å². The molecular formula is C12H16N2O2. The van der Waals surface area contributed by atoms with Gasteiger partial charge >= 0.3 is 6.09 Å². The zero-order valence-corrected chi connectivity index (χ0v) is 9.56. The SMILES string of the molecule is CC(C)OC(=O)N1CCc2ccc(N)cc21. The Morgan fingerprint density at radius 3 is 2.94 bits per heavy atom. The third-order valence-corrected chi connectivity index (χ3v) is 2.56. The average molecular weight is 220 g/mol. The summed E-state index contributed by atoms with van der Waals surface area (Å²) in [6, 6.07) is 5.65. The monoisotopic (exact) mass is 220 g/mol. The van der Waals surface area contributed by atoms with E-state index in [1.807, 2.05) is 32.0 Å². The summed E-state index contributed by atoms with van der Waals surface area (Å²) in [5.74, 6) is 0. The molecule has 0 unspecified atom stereocenters. The normalized spacial score (nSPS) is 14.1. The van der Waals surface area contributed by atoms with Gasteiger partial charge in [0.05, 0.1) is 11.8 Å². The van der Waals surface area contributed by atoms with Gasteiger partial charge in [0.25, 0.3) is 0 Å². The number of ether oxygens (including phenoxy) is 1. The van der Waals surface area contributed by atoms with Crippen LogP contribution in [0.3, 0.4) is 0 Å². The molecule has 1 aliphatic heterocycles. The van der Waals surface area contributed by atoms with Crippen LogP contribution in [0, 0.1) is 0 Å². The van der Waals surface area contributed by atoms with E-state index in [-0.39, 0.29) is 12.2 Å². The Kier molecular flexibility index (Phi) is 2.73. The maximum absolute atomic E-state index is 11.8. The molecule has 86 valence electrons. The van der Waals surface area contributed by atoms with Crippen LogP contribution in [-0.2, 0) is 11.2 Å². The third-order valence-electron chi connectivity index (χ3n) is 2.56. The van der Waals surface area contributed by atoms with Crippen molar-refractivity contribution in [3.05, 3.63) is 23.8 Å². The van der Waals surface area contributed by atoms with Gasteiger partial charge in [0.2, 0.25) is 0 Å². The highest BCUT2D eigenvalue weighted by Gasteiger charge is 2.26. The third kappa shape index (κ3) is 1.96. The van der Waals surface area contributed by atoms with Gasteiger partial charge in [-0.15, -0.1) is 0 Å². The summed E-state index contributed by atoms with van der Waals surface area (Å²) in [6.07, 6.45) is 0.472. The lowest BCUT2D eigenvalue weighted by atomic mass is 10.1. The molecule has 1 aromatic rings. The van der Waals surface area contributed by atoms with Gasteiger partial charge in [-0.25, -0.2) is 4.79 Å². The summed E-state index contributed by atoms with van der Waals surface area (Å²) in [5.41, 5.74) is 8.41. The molecule has 1 aromatic carbocycles. The quantitative estimate of drug-likeness (QED) is 0.738. The second-order valence-corrected chi connectivity index (χ2v) is 4.22. The molecule has 0 radical (unpaired) electrons. The summed E-state index contributed by atoms with van der Waals surface area (Å²) >= 11 is 0. The number of hydrogen-bond acceptors (Lipinski definition) is 3. The fraction of sp³-hybridized carbons (Fsp3) is 0.417. The molecular weight excluding hydrogens is 204 g/mol. The zero-order valence-electron chi connectivity index (χ0n) is 9.56. The van der Waals surface area contributed by atoms with Crippen LogP contribution in [-0.4, -0.2) is 18.7 Å². The summed E-state index contributed by atoms with van der Waals surface area (Å²) < 4.78 is 5.18. The standard InChI is InChI=1S/C12H16N2O2/c1-8(2)16-12(15)14-6-5-9-3-4-10(13)7-11(9)14/h3-4,7-8H,5-6,13H2,1-2H3. The van der Waals surface area contributed by atoms with Crippen molar-refractivity contribution < 1.29 is 9.53 Å². The number of fused-ring (bicyclic) bond motifs is 1. The van der Waals surface area contributed by atoms with Gasteiger partial charge < -0.3 is 10.5 Å². The van der Waals surface area contributed by atoms with E-state index >= 15 is 0 Å². The molecule has 4 nitrogen and oxygen atoms in total. The van der Waals surface area contributed by atoms with Gasteiger partial charge in [0.15, 0.2) is 0 Å². The molecule has 0 saturated carbocycles. The van der Waals surface area contributed by atoms with Crippen molar-refractivity contribution in [2.45, 2.75) is 26.4 Å². The molecule has 0 aliphatic carbocycles. The molecule has 1 heterocycles. The largest absolute Gasteiger partial charge is 0.446 e. The Morgan fingerprint density at radius 2 is 2.25 bits per heavy atom. The van der Waals surface area contributed by atoms with Crippen LogP contribution in [0.25, 0.3) is 0 Å². The first-order chi connectivity index (χ1) is 7.58. The second kappa shape index (κ2) is 4.04. The Morgan fingerprint density at radius 1 is 1.50 bits per heavy atom. The van der Waals surface area contributed by atoms with Crippen molar-refractivity contribution >= 4 is 17.5 Å². The average Bonchev–Trinajstić information content (AvgIpc) is 2.59. The van der Waals surface area contributed by atoms with Gasteiger partial charge in [-0.1, -0.05) is 6.07 Å². The maximum Gasteiger partial charge on any atom is 0.414 e. The molecule has 0 fully saturated rings. The first-order valence-corrected chi connectivity index (χ1v) is 5.44. The number of carbonyl (C=O) groups is 1. The Hall–Kier alpha value is -1.71. The number of nitrogens with zero attached hydrogens (tertiary/aromatic N) is 1. The van der Waals surface area contributed by atoms with Crippen LogP contribution in [0.2, 0.25) is 0 Å². The van der Waals surface area contributed by atoms with Crippen LogP contribution in [0.5, 0.6) is 0 Å². The number of hydrogen-bond donors (Lipinski definition) is 1. The van der Waals surface area contributed by atoms with Gasteiger partial charge in [-0.05, 0) is 38.0 Å². The molecule has 0 spiro atoms. The molecule has 0 atom stereocenters. The minimum absolute atomic E-state index is 0.0994. The minimum atomic E-state index is -0.292. The molecule has 2 N–H and O–H groups in total. The number of rotatable bonds is 1. The number of carbonyl (C=O) groups excluding carboxylic acids is 1. The van der Waals surface area contributed by atoms with E-state index in [1.54, 1.807) is 4.90 Å². The van der Waals surface area contributed by atoms with E-state index in [1.165, 1.54) is 0 Å². The minimum Gasteiger partial charge on any atom is -0.446 e. The van der Waals surface area contributed by atoms with Crippen molar-refractivity contribution in [3.63, 3.8) is 0 Å². The van der Waals surface area contributed by atoms with E-state index in [9.17, 15) is 4.79 Å². The van der Waals surface area contributed by atoms with Crippen LogP contribution in [0.1, 0.15) is 19.4 Å². The van der Waals surface area contributed by atoms with Crippen molar-refractivity contribution in [1.29, 1.82) is 0 Å². The molecule has 0 saturated heterocycles. The molecule has 16 heavy (non-hydrogen) atoms. The van der Waals surface area contributed by atoms with Gasteiger partial charge in [0.1, 0.15) is 0 Å². The topological polar surface area (TPSA) is 55.6 Å². The summed E-state index contributed by atoms with van der Waals surface area (Å²) in [7, 11) is 0. The van der Waals surface area contributed by atoms with Crippen molar-refractivity contribution in [2.75, 3.05) is 17.2 Å². The lowest BCUT2D eigenvalue weighted by Gasteiger charge is -2.18.